The topological polar surface area (TPSA) is 110 Å². The van der Waals surface area contributed by atoms with Gasteiger partial charge in [0.1, 0.15) is 5.75 Å². The lowest BCUT2D eigenvalue weighted by atomic mass is 10.2. The van der Waals surface area contributed by atoms with Gasteiger partial charge in [0.2, 0.25) is 0 Å². The lowest BCUT2D eigenvalue weighted by Crippen LogP contribution is -2.22. The van der Waals surface area contributed by atoms with E-state index in [1.54, 1.807) is 0 Å². The van der Waals surface area contributed by atoms with E-state index in [9.17, 15) is 14.7 Å². The highest BCUT2D eigenvalue weighted by atomic mass is 16.8. The Bertz CT molecular complexity index is 665. The zero-order valence-corrected chi connectivity index (χ0v) is 10.6. The largest absolute Gasteiger partial charge is 0.545 e. The Morgan fingerprint density at radius 3 is 2.24 bits per heavy atom. The number of carbonyl (C=O) groups excluding carboxylic acids is 2. The van der Waals surface area contributed by atoms with E-state index in [-0.39, 0.29) is 27.8 Å². The molecule has 0 aliphatic carbocycles. The van der Waals surface area contributed by atoms with E-state index in [2.05, 4.69) is 0 Å². The fourth-order valence-corrected chi connectivity index (χ4v) is 1.58. The molecule has 0 saturated heterocycles. The summed E-state index contributed by atoms with van der Waals surface area (Å²) in [5.41, 5.74) is 0.0642. The van der Waals surface area contributed by atoms with E-state index < -0.39 is 11.9 Å². The summed E-state index contributed by atoms with van der Waals surface area (Å²) >= 11 is 0. The number of hydrogen-bond donors (Lipinski definition) is 2. The molecule has 0 aromatic heterocycles. The third-order valence-corrected chi connectivity index (χ3v) is 2.61. The SMILES string of the molecule is O=C([O-])c1ccc(OC(=O)c2cccc(N(O)O)c2)cc1. The average molecular weight is 288 g/mol. The van der Waals surface area contributed by atoms with E-state index in [1.165, 1.54) is 48.5 Å². The Hall–Kier alpha value is -2.90. The van der Waals surface area contributed by atoms with Crippen molar-refractivity contribution >= 4 is 17.6 Å². The second-order valence-electron chi connectivity index (χ2n) is 4.04. The van der Waals surface area contributed by atoms with Gasteiger partial charge in [-0.3, -0.25) is 10.4 Å². The first kappa shape index (κ1) is 14.5. The lowest BCUT2D eigenvalue weighted by Gasteiger charge is -2.09. The number of nitrogens with zero attached hydrogens (tertiary/aromatic N) is 1. The lowest BCUT2D eigenvalue weighted by molar-refractivity contribution is -0.255. The fraction of sp³-hybridized carbons (Fsp3) is 0. The van der Waals surface area contributed by atoms with Gasteiger partial charge in [-0.15, -0.1) is 5.23 Å². The van der Waals surface area contributed by atoms with Crippen LogP contribution >= 0.6 is 0 Å². The van der Waals surface area contributed by atoms with Gasteiger partial charge in [-0.05, 0) is 48.0 Å². The first-order chi connectivity index (χ1) is 9.97. The summed E-state index contributed by atoms with van der Waals surface area (Å²) in [5.74, 6) is -1.90. The number of carboxylic acids is 1. The van der Waals surface area contributed by atoms with Crippen molar-refractivity contribution in [2.24, 2.45) is 0 Å². The smallest absolute Gasteiger partial charge is 0.343 e. The molecule has 0 aliphatic heterocycles. The standard InChI is InChI=1S/C14H11NO6/c16-13(17)9-4-6-12(7-5-9)21-14(18)10-2-1-3-11(8-10)15(19)20/h1-8,19-20H,(H,16,17)/p-1. The Balaban J connectivity index is 2.14. The van der Waals surface area contributed by atoms with Crippen molar-refractivity contribution in [2.45, 2.75) is 0 Å². The molecule has 0 aliphatic rings. The minimum atomic E-state index is -1.33. The second kappa shape index (κ2) is 6.04. The summed E-state index contributed by atoms with van der Waals surface area (Å²) in [7, 11) is 0. The van der Waals surface area contributed by atoms with Gasteiger partial charge in [-0.25, -0.2) is 4.79 Å². The molecule has 2 aromatic carbocycles. The van der Waals surface area contributed by atoms with E-state index in [0.29, 0.717) is 0 Å². The number of anilines is 1. The molecule has 2 aromatic rings. The van der Waals surface area contributed by atoms with Crippen molar-refractivity contribution in [3.8, 4) is 5.75 Å². The third kappa shape index (κ3) is 3.56. The Labute approximate surface area is 119 Å². The van der Waals surface area contributed by atoms with Crippen LogP contribution in [0, 0.1) is 0 Å². The first-order valence-electron chi connectivity index (χ1n) is 5.79. The summed E-state index contributed by atoms with van der Waals surface area (Å²) in [6, 6.07) is 10.6. The molecule has 7 heteroatoms. The van der Waals surface area contributed by atoms with Crippen molar-refractivity contribution in [3.05, 3.63) is 59.7 Å². The molecule has 21 heavy (non-hydrogen) atoms. The maximum absolute atomic E-state index is 11.9. The maximum atomic E-state index is 11.9. The van der Waals surface area contributed by atoms with Gasteiger partial charge in [0.05, 0.1) is 17.2 Å². The third-order valence-electron chi connectivity index (χ3n) is 2.61. The molecular weight excluding hydrogens is 278 g/mol. The number of hydrogen-bond acceptors (Lipinski definition) is 7. The molecule has 2 rings (SSSR count). The normalized spacial score (nSPS) is 10.0. The molecule has 0 atom stereocenters. The highest BCUT2D eigenvalue weighted by Crippen LogP contribution is 2.17. The van der Waals surface area contributed by atoms with Gasteiger partial charge in [0.15, 0.2) is 0 Å². The maximum Gasteiger partial charge on any atom is 0.343 e. The van der Waals surface area contributed by atoms with Crippen molar-refractivity contribution in [3.63, 3.8) is 0 Å². The number of carboxylic acid groups (broad SMARTS) is 1. The Morgan fingerprint density at radius 1 is 1.00 bits per heavy atom. The molecule has 0 fully saturated rings. The summed E-state index contributed by atoms with van der Waals surface area (Å²) in [6.45, 7) is 0. The average Bonchev–Trinajstić information content (AvgIpc) is 2.48. The van der Waals surface area contributed by atoms with Crippen molar-refractivity contribution in [1.29, 1.82) is 0 Å². The van der Waals surface area contributed by atoms with Gasteiger partial charge in [-0.2, -0.15) is 0 Å². The van der Waals surface area contributed by atoms with E-state index in [0.717, 1.165) is 0 Å². The molecule has 0 heterocycles. The van der Waals surface area contributed by atoms with Crippen molar-refractivity contribution in [1.82, 2.24) is 0 Å². The summed E-state index contributed by atoms with van der Waals surface area (Å²) in [5, 5.41) is 28.2. The van der Waals surface area contributed by atoms with Crippen LogP contribution in [0.4, 0.5) is 5.69 Å². The quantitative estimate of drug-likeness (QED) is 0.487. The Kier molecular flexibility index (Phi) is 4.17. The van der Waals surface area contributed by atoms with Crippen molar-refractivity contribution in [2.75, 3.05) is 5.23 Å². The first-order valence-corrected chi connectivity index (χ1v) is 5.79. The summed E-state index contributed by atoms with van der Waals surface area (Å²) in [4.78, 5) is 22.5. The van der Waals surface area contributed by atoms with E-state index in [1.807, 2.05) is 0 Å². The molecule has 2 N–H and O–H groups in total. The van der Waals surface area contributed by atoms with E-state index >= 15 is 0 Å². The van der Waals surface area contributed by atoms with Crippen LogP contribution in [0.2, 0.25) is 0 Å². The molecule has 108 valence electrons. The number of aromatic carboxylic acids is 1. The number of esters is 1. The van der Waals surface area contributed by atoms with Crippen LogP contribution in [-0.4, -0.2) is 22.4 Å². The Morgan fingerprint density at radius 2 is 1.67 bits per heavy atom. The zero-order chi connectivity index (χ0) is 15.4. The summed E-state index contributed by atoms with van der Waals surface area (Å²) < 4.78 is 5.04. The monoisotopic (exact) mass is 288 g/mol. The molecule has 7 nitrogen and oxygen atoms in total. The van der Waals surface area contributed by atoms with Crippen molar-refractivity contribution < 1.29 is 29.8 Å². The van der Waals surface area contributed by atoms with Gasteiger partial charge in [0, 0.05) is 0 Å². The highest BCUT2D eigenvalue weighted by Gasteiger charge is 2.11. The van der Waals surface area contributed by atoms with Crippen LogP contribution in [0.25, 0.3) is 0 Å². The van der Waals surface area contributed by atoms with Crippen LogP contribution in [0.5, 0.6) is 5.75 Å². The molecule has 0 amide bonds. The highest BCUT2D eigenvalue weighted by molar-refractivity contribution is 5.92. The van der Waals surface area contributed by atoms with Crippen LogP contribution in [-0.2, 0) is 0 Å². The van der Waals surface area contributed by atoms with Gasteiger partial charge in [-0.1, -0.05) is 6.07 Å². The predicted molar refractivity (Wildman–Crippen MR) is 68.2 cm³/mol. The molecule has 0 bridgehead atoms. The molecule has 0 unspecified atom stereocenters. The van der Waals surface area contributed by atoms with Crippen LogP contribution in [0.3, 0.4) is 0 Å². The minimum Gasteiger partial charge on any atom is -0.545 e. The number of carbonyl (C=O) groups is 2. The summed E-state index contributed by atoms with van der Waals surface area (Å²) in [6.07, 6.45) is 0. The van der Waals surface area contributed by atoms with Gasteiger partial charge in [0.25, 0.3) is 0 Å². The number of ether oxygens (including phenoxy) is 1. The van der Waals surface area contributed by atoms with Gasteiger partial charge < -0.3 is 14.6 Å². The van der Waals surface area contributed by atoms with E-state index in [4.69, 9.17) is 15.2 Å². The number of benzene rings is 2. The molecule has 0 spiro atoms. The predicted octanol–water partition coefficient (Wildman–Crippen LogP) is 0.854. The molecular formula is C14H10NO6-. The van der Waals surface area contributed by atoms with Gasteiger partial charge >= 0.3 is 5.97 Å². The van der Waals surface area contributed by atoms with Crippen LogP contribution in [0.15, 0.2) is 48.5 Å². The second-order valence-corrected chi connectivity index (χ2v) is 4.04. The van der Waals surface area contributed by atoms with Crippen LogP contribution < -0.4 is 15.1 Å². The zero-order valence-electron chi connectivity index (χ0n) is 10.6. The molecule has 0 radical (unpaired) electrons. The number of rotatable bonds is 4. The molecule has 0 saturated carbocycles. The fourth-order valence-electron chi connectivity index (χ4n) is 1.58. The minimum absolute atomic E-state index is 0.00301. The van der Waals surface area contributed by atoms with Crippen LogP contribution in [0.1, 0.15) is 20.7 Å².